The van der Waals surface area contributed by atoms with Gasteiger partial charge in [-0.15, -0.1) is 0 Å². The maximum atomic E-state index is 10.6. The number of aliphatic carboxylic acids is 4. The summed E-state index contributed by atoms with van der Waals surface area (Å²) in [6.45, 7) is 0.624. The molecule has 0 radical (unpaired) electrons. The average Bonchev–Trinajstić information content (AvgIpc) is 2.42. The van der Waals surface area contributed by atoms with Gasteiger partial charge in [-0.2, -0.15) is 0 Å². The first-order valence-electron chi connectivity index (χ1n) is 7.14. The second kappa shape index (κ2) is 14.4. The van der Waals surface area contributed by atoms with Crippen LogP contribution in [0.15, 0.2) is 0 Å². The van der Waals surface area contributed by atoms with Gasteiger partial charge in [-0.3, -0.25) is 29.0 Å². The van der Waals surface area contributed by atoms with Crippen LogP contribution in [0.2, 0.25) is 0 Å². The number of nitrogens with zero attached hydrogens (tertiary/aromatic N) is 2. The number of hydrogen-bond donors (Lipinski definition) is 5. The van der Waals surface area contributed by atoms with E-state index >= 15 is 0 Å². The van der Waals surface area contributed by atoms with Crippen LogP contribution in [0.1, 0.15) is 13.3 Å². The molecule has 0 amide bonds. The van der Waals surface area contributed by atoms with Gasteiger partial charge in [-0.05, 0) is 13.0 Å². The molecule has 140 valence electrons. The lowest BCUT2D eigenvalue weighted by Gasteiger charge is -2.23. The topological polar surface area (TPSA) is 182 Å². The first-order chi connectivity index (χ1) is 11.1. The molecule has 11 heteroatoms. The summed E-state index contributed by atoms with van der Waals surface area (Å²) in [5.74, 6) is -4.91. The normalized spacial score (nSPS) is 10.2. The van der Waals surface area contributed by atoms with Gasteiger partial charge in [0.05, 0.1) is 26.2 Å². The third-order valence-corrected chi connectivity index (χ3v) is 2.46. The van der Waals surface area contributed by atoms with Crippen LogP contribution in [0, 0.1) is 0 Å². The van der Waals surface area contributed by atoms with Crippen molar-refractivity contribution in [3.05, 3.63) is 0 Å². The predicted molar refractivity (Wildman–Crippen MR) is 82.8 cm³/mol. The summed E-state index contributed by atoms with van der Waals surface area (Å²) in [6, 6.07) is 0. The Kier molecular flexibility index (Phi) is 14.4. The molecule has 0 aromatic rings. The van der Waals surface area contributed by atoms with Gasteiger partial charge in [0, 0.05) is 13.1 Å². The van der Waals surface area contributed by atoms with Crippen LogP contribution in [-0.4, -0.2) is 99.9 Å². The van der Waals surface area contributed by atoms with E-state index in [0.29, 0.717) is 0 Å². The minimum atomic E-state index is -1.23. The zero-order chi connectivity index (χ0) is 19.1. The molecule has 11 nitrogen and oxygen atoms in total. The number of carboxylic acids is 4. The maximum Gasteiger partial charge on any atom is 0.317 e. The van der Waals surface area contributed by atoms with Crippen molar-refractivity contribution < 1.29 is 39.6 Å². The van der Waals surface area contributed by atoms with Crippen molar-refractivity contribution in [1.29, 1.82) is 0 Å². The molecule has 0 saturated carbocycles. The molecule has 24 heavy (non-hydrogen) atoms. The molecule has 0 atom stereocenters. The molecule has 0 bridgehead atoms. The highest BCUT2D eigenvalue weighted by atomic mass is 16.4. The second-order valence-corrected chi connectivity index (χ2v) is 4.78. The van der Waals surface area contributed by atoms with E-state index in [-0.39, 0.29) is 13.1 Å². The fraction of sp³-hybridized carbons (Fsp3) is 0.692. The summed E-state index contributed by atoms with van der Waals surface area (Å²) in [5.41, 5.74) is 5.03. The first-order valence-corrected chi connectivity index (χ1v) is 7.14. The van der Waals surface area contributed by atoms with Gasteiger partial charge in [0.25, 0.3) is 0 Å². The highest BCUT2D eigenvalue weighted by molar-refractivity contribution is 5.73. The van der Waals surface area contributed by atoms with Crippen molar-refractivity contribution in [3.63, 3.8) is 0 Å². The third-order valence-electron chi connectivity index (χ3n) is 2.46. The molecule has 6 N–H and O–H groups in total. The van der Waals surface area contributed by atoms with Gasteiger partial charge in [0.2, 0.25) is 0 Å². The zero-order valence-corrected chi connectivity index (χ0v) is 13.6. The van der Waals surface area contributed by atoms with E-state index in [1.165, 1.54) is 0 Å². The second-order valence-electron chi connectivity index (χ2n) is 4.78. The Bertz CT molecular complexity index is 346. The van der Waals surface area contributed by atoms with Gasteiger partial charge >= 0.3 is 23.9 Å². The molecular weight excluding hydrogens is 326 g/mol. The van der Waals surface area contributed by atoms with E-state index < -0.39 is 50.1 Å². The SMILES string of the molecule is CCCN.O=C(O)CN(CCN(CC(=O)O)CC(=O)O)CC(=O)O. The van der Waals surface area contributed by atoms with Crippen LogP contribution in [0.4, 0.5) is 0 Å². The average molecular weight is 351 g/mol. The molecule has 0 saturated heterocycles. The lowest BCUT2D eigenvalue weighted by atomic mass is 10.4. The maximum absolute atomic E-state index is 10.6. The Hall–Kier alpha value is -2.24. The minimum absolute atomic E-state index is 0.0703. The van der Waals surface area contributed by atoms with E-state index in [9.17, 15) is 19.2 Å². The molecule has 0 aromatic heterocycles. The highest BCUT2D eigenvalue weighted by Crippen LogP contribution is 1.94. The Morgan fingerprint density at radius 2 is 0.917 bits per heavy atom. The van der Waals surface area contributed by atoms with Crippen molar-refractivity contribution >= 4 is 23.9 Å². The van der Waals surface area contributed by atoms with E-state index in [2.05, 4.69) is 6.92 Å². The number of carboxylic acid groups (broad SMARTS) is 4. The Labute approximate surface area is 139 Å². The molecule has 0 fully saturated rings. The fourth-order valence-electron chi connectivity index (χ4n) is 1.48. The van der Waals surface area contributed by atoms with Crippen molar-refractivity contribution in [1.82, 2.24) is 9.80 Å². The first kappa shape index (κ1) is 24.0. The molecule has 0 aliphatic rings. The van der Waals surface area contributed by atoms with E-state index in [4.69, 9.17) is 26.2 Å². The summed E-state index contributed by atoms with van der Waals surface area (Å²) in [6.07, 6.45) is 1.10. The largest absolute Gasteiger partial charge is 0.480 e. The van der Waals surface area contributed by atoms with Crippen LogP contribution < -0.4 is 5.73 Å². The lowest BCUT2D eigenvalue weighted by Crippen LogP contribution is -2.43. The van der Waals surface area contributed by atoms with Crippen molar-refractivity contribution in [2.75, 3.05) is 45.8 Å². The van der Waals surface area contributed by atoms with E-state index in [1.807, 2.05) is 0 Å². The molecule has 0 unspecified atom stereocenters. The van der Waals surface area contributed by atoms with E-state index in [0.717, 1.165) is 22.8 Å². The van der Waals surface area contributed by atoms with Crippen molar-refractivity contribution in [2.24, 2.45) is 5.73 Å². The predicted octanol–water partition coefficient (Wildman–Crippen LogP) is -1.72. The van der Waals surface area contributed by atoms with Crippen LogP contribution in [0.3, 0.4) is 0 Å². The Balaban J connectivity index is 0. The molecule has 0 rings (SSSR count). The van der Waals surface area contributed by atoms with E-state index in [1.54, 1.807) is 0 Å². The molecule has 0 aliphatic heterocycles. The molecule has 0 aliphatic carbocycles. The Morgan fingerprint density at radius 1 is 0.708 bits per heavy atom. The van der Waals surface area contributed by atoms with Crippen molar-refractivity contribution in [3.8, 4) is 0 Å². The van der Waals surface area contributed by atoms with Crippen LogP contribution >= 0.6 is 0 Å². The summed E-state index contributed by atoms with van der Waals surface area (Å²) in [7, 11) is 0. The fourth-order valence-corrected chi connectivity index (χ4v) is 1.48. The number of nitrogens with two attached hydrogens (primary N) is 1. The summed E-state index contributed by atoms with van der Waals surface area (Å²) in [5, 5.41) is 34.5. The number of hydrogen-bond acceptors (Lipinski definition) is 7. The number of rotatable bonds is 12. The standard InChI is InChI=1S/C10H16N2O8.C3H9N/c13-7(14)3-11(4-8(15)16)1-2-12(5-9(17)18)6-10(19)20;1-2-3-4/h1-6H2,(H,13,14)(H,15,16)(H,17,18)(H,19,20);2-4H2,1H3. The van der Waals surface area contributed by atoms with Gasteiger partial charge in [0.15, 0.2) is 0 Å². The minimum Gasteiger partial charge on any atom is -0.480 e. The van der Waals surface area contributed by atoms with Crippen LogP contribution in [0.25, 0.3) is 0 Å². The quantitative estimate of drug-likeness (QED) is 0.270. The highest BCUT2D eigenvalue weighted by Gasteiger charge is 2.17. The van der Waals surface area contributed by atoms with Gasteiger partial charge < -0.3 is 26.2 Å². The van der Waals surface area contributed by atoms with Crippen LogP contribution in [-0.2, 0) is 19.2 Å². The Morgan fingerprint density at radius 3 is 1.04 bits per heavy atom. The molecule has 0 aromatic carbocycles. The number of carbonyl (C=O) groups is 4. The molecule has 0 spiro atoms. The van der Waals surface area contributed by atoms with Gasteiger partial charge in [0.1, 0.15) is 0 Å². The van der Waals surface area contributed by atoms with Gasteiger partial charge in [-0.25, -0.2) is 0 Å². The zero-order valence-electron chi connectivity index (χ0n) is 13.6. The molecular formula is C13H25N3O8. The summed E-state index contributed by atoms with van der Waals surface area (Å²) in [4.78, 5) is 44.4. The molecule has 0 heterocycles. The third kappa shape index (κ3) is 17.8. The smallest absolute Gasteiger partial charge is 0.317 e. The van der Waals surface area contributed by atoms with Crippen LogP contribution in [0.5, 0.6) is 0 Å². The lowest BCUT2D eigenvalue weighted by molar-refractivity contribution is -0.145. The monoisotopic (exact) mass is 351 g/mol. The van der Waals surface area contributed by atoms with Crippen molar-refractivity contribution in [2.45, 2.75) is 13.3 Å². The summed E-state index contributed by atoms with van der Waals surface area (Å²) >= 11 is 0. The van der Waals surface area contributed by atoms with Gasteiger partial charge in [-0.1, -0.05) is 6.92 Å². The summed E-state index contributed by atoms with van der Waals surface area (Å²) < 4.78 is 0.